The molecule has 0 saturated heterocycles. The van der Waals surface area contributed by atoms with E-state index < -0.39 is 23.9 Å². The lowest BCUT2D eigenvalue weighted by Gasteiger charge is -2.14. The van der Waals surface area contributed by atoms with Crippen LogP contribution >= 0.6 is 0 Å². The molecule has 0 heterocycles. The molecule has 0 radical (unpaired) electrons. The number of alkyl halides is 5. The Labute approximate surface area is 61.2 Å². The van der Waals surface area contributed by atoms with Crippen molar-refractivity contribution in [3.05, 3.63) is 0 Å². The SMILES string of the molecule is O=C(F)C(=O)C(F)(F)C(F)(F)F. The van der Waals surface area contributed by atoms with Crippen LogP contribution in [0.4, 0.5) is 26.3 Å². The third-order valence-electron chi connectivity index (χ3n) is 0.820. The average molecular weight is 194 g/mol. The summed E-state index contributed by atoms with van der Waals surface area (Å²) >= 11 is 0. The molecule has 0 aliphatic heterocycles. The highest BCUT2D eigenvalue weighted by Gasteiger charge is 2.65. The Balaban J connectivity index is 4.87. The van der Waals surface area contributed by atoms with Crippen LogP contribution < -0.4 is 0 Å². The van der Waals surface area contributed by atoms with Crippen molar-refractivity contribution in [3.8, 4) is 0 Å². The van der Waals surface area contributed by atoms with Gasteiger partial charge in [0.15, 0.2) is 0 Å². The number of hydrogen-bond donors (Lipinski definition) is 0. The Morgan fingerprint density at radius 1 is 0.917 bits per heavy atom. The van der Waals surface area contributed by atoms with Crippen LogP contribution in [0.1, 0.15) is 0 Å². The fraction of sp³-hybridized carbons (Fsp3) is 0.500. The number of rotatable bonds is 2. The second-order valence-electron chi connectivity index (χ2n) is 1.67. The van der Waals surface area contributed by atoms with Gasteiger partial charge in [0.2, 0.25) is 0 Å². The van der Waals surface area contributed by atoms with E-state index in [1.807, 2.05) is 0 Å². The number of carbonyl (C=O) groups excluding carboxylic acids is 2. The molecule has 2 nitrogen and oxygen atoms in total. The standard InChI is InChI=1S/C4F6O2/c5-2(12)1(11)3(6,7)4(8,9)10. The predicted octanol–water partition coefficient (Wildman–Crippen LogP) is 1.25. The van der Waals surface area contributed by atoms with Gasteiger partial charge in [-0.05, 0) is 0 Å². The lowest BCUT2D eigenvalue weighted by atomic mass is 10.2. The van der Waals surface area contributed by atoms with Gasteiger partial charge in [0.05, 0.1) is 0 Å². The van der Waals surface area contributed by atoms with E-state index in [0.717, 1.165) is 0 Å². The molecule has 0 rings (SSSR count). The minimum Gasteiger partial charge on any atom is -0.280 e. The van der Waals surface area contributed by atoms with Gasteiger partial charge in [-0.2, -0.15) is 26.3 Å². The number of ketones is 1. The van der Waals surface area contributed by atoms with E-state index >= 15 is 0 Å². The number of Topliss-reactive ketones (excluding diaryl/α,β-unsaturated/α-hetero) is 1. The predicted molar refractivity (Wildman–Crippen MR) is 22.1 cm³/mol. The van der Waals surface area contributed by atoms with E-state index in [2.05, 4.69) is 0 Å². The lowest BCUT2D eigenvalue weighted by Crippen LogP contribution is -2.46. The molecular weight excluding hydrogens is 194 g/mol. The van der Waals surface area contributed by atoms with Gasteiger partial charge in [0.1, 0.15) is 0 Å². The van der Waals surface area contributed by atoms with Gasteiger partial charge in [0, 0.05) is 0 Å². The lowest BCUT2D eigenvalue weighted by molar-refractivity contribution is -0.268. The highest BCUT2D eigenvalue weighted by Crippen LogP contribution is 2.36. The van der Waals surface area contributed by atoms with Crippen molar-refractivity contribution in [1.29, 1.82) is 0 Å². The summed E-state index contributed by atoms with van der Waals surface area (Å²) in [7, 11) is 0. The Bertz CT molecular complexity index is 216. The molecule has 70 valence electrons. The topological polar surface area (TPSA) is 34.1 Å². The molecule has 0 unspecified atom stereocenters. The number of halogens is 6. The molecule has 0 aliphatic carbocycles. The first-order chi connectivity index (χ1) is 5.10. The van der Waals surface area contributed by atoms with Gasteiger partial charge in [-0.1, -0.05) is 0 Å². The van der Waals surface area contributed by atoms with E-state index in [1.165, 1.54) is 0 Å². The second-order valence-corrected chi connectivity index (χ2v) is 1.67. The molecule has 0 fully saturated rings. The molecular formula is C4F6O2. The highest BCUT2D eigenvalue weighted by atomic mass is 19.4. The fourth-order valence-electron chi connectivity index (χ4n) is 0.252. The van der Waals surface area contributed by atoms with Crippen LogP contribution in [-0.4, -0.2) is 23.9 Å². The summed E-state index contributed by atoms with van der Waals surface area (Å²) in [6.45, 7) is 0. The van der Waals surface area contributed by atoms with Crippen molar-refractivity contribution in [1.82, 2.24) is 0 Å². The van der Waals surface area contributed by atoms with E-state index in [0.29, 0.717) is 0 Å². The van der Waals surface area contributed by atoms with Crippen molar-refractivity contribution >= 4 is 11.8 Å². The smallest absolute Gasteiger partial charge is 0.280 e. The molecule has 0 saturated carbocycles. The number of carbonyl (C=O) groups is 2. The molecule has 0 aromatic carbocycles. The zero-order valence-corrected chi connectivity index (χ0v) is 5.08. The molecule has 0 aliphatic rings. The first-order valence-corrected chi connectivity index (χ1v) is 2.29. The maximum absolute atomic E-state index is 11.6. The molecule has 0 aromatic heterocycles. The molecule has 0 spiro atoms. The molecule has 0 atom stereocenters. The Morgan fingerprint density at radius 3 is 1.33 bits per heavy atom. The molecule has 8 heteroatoms. The van der Waals surface area contributed by atoms with Crippen molar-refractivity contribution in [2.24, 2.45) is 0 Å². The van der Waals surface area contributed by atoms with Crippen LogP contribution in [-0.2, 0) is 9.59 Å². The van der Waals surface area contributed by atoms with Crippen LogP contribution in [0.5, 0.6) is 0 Å². The zero-order chi connectivity index (χ0) is 10.2. The molecule has 0 aromatic rings. The summed E-state index contributed by atoms with van der Waals surface area (Å²) in [5, 5.41) is 0. The van der Waals surface area contributed by atoms with Gasteiger partial charge in [-0.3, -0.25) is 9.59 Å². The van der Waals surface area contributed by atoms with Gasteiger partial charge in [-0.15, -0.1) is 0 Å². The van der Waals surface area contributed by atoms with Crippen LogP contribution in [0, 0.1) is 0 Å². The van der Waals surface area contributed by atoms with E-state index in [4.69, 9.17) is 0 Å². The summed E-state index contributed by atoms with van der Waals surface area (Å²) in [6, 6.07) is -3.32. The third kappa shape index (κ3) is 1.74. The quantitative estimate of drug-likeness (QED) is 0.376. The fourth-order valence-corrected chi connectivity index (χ4v) is 0.252. The van der Waals surface area contributed by atoms with Crippen LogP contribution in [0.15, 0.2) is 0 Å². The van der Waals surface area contributed by atoms with Gasteiger partial charge < -0.3 is 0 Å². The molecule has 12 heavy (non-hydrogen) atoms. The van der Waals surface area contributed by atoms with Crippen molar-refractivity contribution in [2.75, 3.05) is 0 Å². The molecule has 0 bridgehead atoms. The summed E-state index contributed by atoms with van der Waals surface area (Å²) in [4.78, 5) is 18.9. The first-order valence-electron chi connectivity index (χ1n) is 2.29. The summed E-state index contributed by atoms with van der Waals surface area (Å²) in [5.41, 5.74) is 0. The average Bonchev–Trinajstić information content (AvgIpc) is 1.83. The molecule has 0 N–H and O–H groups in total. The van der Waals surface area contributed by atoms with E-state index in [9.17, 15) is 35.9 Å². The molecule has 0 amide bonds. The summed E-state index contributed by atoms with van der Waals surface area (Å²) in [5.74, 6) is -9.35. The van der Waals surface area contributed by atoms with Crippen molar-refractivity contribution in [3.63, 3.8) is 0 Å². The van der Waals surface area contributed by atoms with E-state index in [1.54, 1.807) is 0 Å². The van der Waals surface area contributed by atoms with Crippen LogP contribution in [0.3, 0.4) is 0 Å². The highest BCUT2D eigenvalue weighted by molar-refractivity contribution is 6.36. The van der Waals surface area contributed by atoms with Crippen molar-refractivity contribution < 1.29 is 35.9 Å². The Hall–Kier alpha value is -1.08. The number of hydrogen-bond acceptors (Lipinski definition) is 2. The van der Waals surface area contributed by atoms with Crippen molar-refractivity contribution in [2.45, 2.75) is 12.1 Å². The maximum Gasteiger partial charge on any atom is 0.461 e. The summed E-state index contributed by atoms with van der Waals surface area (Å²) < 4.78 is 67.9. The largest absolute Gasteiger partial charge is 0.461 e. The third-order valence-corrected chi connectivity index (χ3v) is 0.820. The maximum atomic E-state index is 11.6. The van der Waals surface area contributed by atoms with E-state index in [-0.39, 0.29) is 0 Å². The summed E-state index contributed by atoms with van der Waals surface area (Å²) in [6.07, 6.45) is -6.24. The normalized spacial score (nSPS) is 12.8. The second kappa shape index (κ2) is 2.76. The van der Waals surface area contributed by atoms with Crippen LogP contribution in [0.2, 0.25) is 0 Å². The minimum atomic E-state index is -6.24. The van der Waals surface area contributed by atoms with Crippen LogP contribution in [0.25, 0.3) is 0 Å². The monoisotopic (exact) mass is 194 g/mol. The Kier molecular flexibility index (Phi) is 2.51. The first kappa shape index (κ1) is 10.9. The van der Waals surface area contributed by atoms with Gasteiger partial charge in [-0.25, -0.2) is 0 Å². The zero-order valence-electron chi connectivity index (χ0n) is 5.08. The van der Waals surface area contributed by atoms with Gasteiger partial charge in [0.25, 0.3) is 0 Å². The van der Waals surface area contributed by atoms with Gasteiger partial charge >= 0.3 is 23.9 Å². The Morgan fingerprint density at radius 2 is 1.25 bits per heavy atom. The minimum absolute atomic E-state index is 3.32.